The van der Waals surface area contributed by atoms with Crippen molar-refractivity contribution in [3.63, 3.8) is 0 Å². The van der Waals surface area contributed by atoms with Gasteiger partial charge in [0.05, 0.1) is 12.0 Å². The van der Waals surface area contributed by atoms with Gasteiger partial charge in [-0.05, 0) is 80.1 Å². The van der Waals surface area contributed by atoms with Gasteiger partial charge in [0.15, 0.2) is 0 Å². The van der Waals surface area contributed by atoms with Gasteiger partial charge in [-0.25, -0.2) is 8.42 Å². The Kier molecular flexibility index (Phi) is 8.59. The molecule has 0 aromatic heterocycles. The van der Waals surface area contributed by atoms with Gasteiger partial charge in [-0.3, -0.25) is 0 Å². The van der Waals surface area contributed by atoms with Crippen LogP contribution in [-0.2, 0) is 22.0 Å². The Morgan fingerprint density at radius 1 is 1.03 bits per heavy atom. The predicted octanol–water partition coefficient (Wildman–Crippen LogP) is 5.45. The van der Waals surface area contributed by atoms with E-state index in [1.165, 1.54) is 19.3 Å². The summed E-state index contributed by atoms with van der Waals surface area (Å²) in [4.78, 5) is 2.86. The van der Waals surface area contributed by atoms with E-state index < -0.39 is 10.0 Å². The van der Waals surface area contributed by atoms with Crippen molar-refractivity contribution in [1.29, 1.82) is 0 Å². The topological polar surface area (TPSA) is 49.9 Å². The van der Waals surface area contributed by atoms with Gasteiger partial charge in [-0.1, -0.05) is 51.5 Å². The maximum atomic E-state index is 13.7. The summed E-state index contributed by atoms with van der Waals surface area (Å²) in [5.74, 6) is 0.769. The van der Waals surface area contributed by atoms with Gasteiger partial charge in [0.1, 0.15) is 5.75 Å². The Bertz CT molecular complexity index is 980. The summed E-state index contributed by atoms with van der Waals surface area (Å²) in [6, 6.07) is 15.6. The van der Waals surface area contributed by atoms with Crippen LogP contribution in [0.3, 0.4) is 0 Å². The van der Waals surface area contributed by atoms with E-state index >= 15 is 0 Å². The molecule has 2 aromatic carbocycles. The van der Waals surface area contributed by atoms with Crippen molar-refractivity contribution in [3.8, 4) is 5.75 Å². The summed E-state index contributed by atoms with van der Waals surface area (Å²) < 4.78 is 34.2. The van der Waals surface area contributed by atoms with Gasteiger partial charge in [-0.2, -0.15) is 4.31 Å². The van der Waals surface area contributed by atoms with E-state index in [1.54, 1.807) is 23.5 Å². The molecule has 1 atom stereocenters. The fourth-order valence-electron chi connectivity index (χ4n) is 4.43. The molecular formula is C27H40N2O3S. The Morgan fingerprint density at radius 2 is 1.70 bits per heavy atom. The van der Waals surface area contributed by atoms with Crippen LogP contribution in [0.1, 0.15) is 64.5 Å². The summed E-state index contributed by atoms with van der Waals surface area (Å²) >= 11 is 0. The van der Waals surface area contributed by atoms with Gasteiger partial charge < -0.3 is 9.64 Å². The highest BCUT2D eigenvalue weighted by Crippen LogP contribution is 2.26. The second-order valence-corrected chi connectivity index (χ2v) is 12.1. The van der Waals surface area contributed by atoms with Crippen LogP contribution in [0, 0.1) is 0 Å². The fraction of sp³-hybridized carbons (Fsp3) is 0.556. The molecule has 1 heterocycles. The monoisotopic (exact) mass is 472 g/mol. The number of hydrogen-bond acceptors (Lipinski definition) is 4. The molecule has 1 fully saturated rings. The minimum atomic E-state index is -3.61. The van der Waals surface area contributed by atoms with Crippen LogP contribution >= 0.6 is 0 Å². The van der Waals surface area contributed by atoms with Crippen LogP contribution in [-0.4, -0.2) is 50.4 Å². The van der Waals surface area contributed by atoms with Crippen LogP contribution in [0.25, 0.3) is 0 Å². The van der Waals surface area contributed by atoms with Crippen LogP contribution < -0.4 is 4.74 Å². The van der Waals surface area contributed by atoms with Crippen LogP contribution in [0.15, 0.2) is 53.4 Å². The molecule has 1 saturated heterocycles. The smallest absolute Gasteiger partial charge is 0.243 e. The number of ether oxygens (including phenoxy) is 1. The molecule has 182 valence electrons. The lowest BCUT2D eigenvalue weighted by molar-refractivity contribution is 0.155. The van der Waals surface area contributed by atoms with E-state index in [2.05, 4.69) is 32.6 Å². The minimum absolute atomic E-state index is 0.0176. The summed E-state index contributed by atoms with van der Waals surface area (Å²) in [7, 11) is -1.98. The van der Waals surface area contributed by atoms with Gasteiger partial charge >= 0.3 is 0 Å². The van der Waals surface area contributed by atoms with Crippen LogP contribution in [0.4, 0.5) is 0 Å². The number of nitrogens with zero attached hydrogens (tertiary/aromatic N) is 2. The zero-order valence-corrected chi connectivity index (χ0v) is 21.7. The van der Waals surface area contributed by atoms with E-state index in [4.69, 9.17) is 4.74 Å². The fourth-order valence-corrected chi connectivity index (χ4v) is 5.90. The Balaban J connectivity index is 1.79. The average molecular weight is 473 g/mol. The Labute approximate surface area is 200 Å². The van der Waals surface area contributed by atoms with E-state index in [0.717, 1.165) is 36.4 Å². The molecule has 2 aromatic rings. The zero-order chi connectivity index (χ0) is 24.1. The van der Waals surface area contributed by atoms with Crippen molar-refractivity contribution in [2.75, 3.05) is 26.7 Å². The molecule has 0 N–H and O–H groups in total. The second-order valence-electron chi connectivity index (χ2n) is 10.2. The largest absolute Gasteiger partial charge is 0.497 e. The van der Waals surface area contributed by atoms with Crippen molar-refractivity contribution < 1.29 is 13.2 Å². The van der Waals surface area contributed by atoms with Crippen LogP contribution in [0.5, 0.6) is 5.75 Å². The molecule has 0 bridgehead atoms. The molecule has 1 aliphatic heterocycles. The first kappa shape index (κ1) is 25.7. The number of rotatable bonds is 9. The van der Waals surface area contributed by atoms with Crippen molar-refractivity contribution >= 4 is 10.0 Å². The summed E-state index contributed by atoms with van der Waals surface area (Å²) in [6.07, 6.45) is 4.58. The standard InChI is InChI=1S/C27H40N2O3S/c1-22-9-6-7-18-28(22)19-8-20-29(21-23-10-14-25(32-5)15-11-23)33(30,31)26-16-12-24(13-17-26)27(2,3)4/h10-17,22H,6-9,18-21H2,1-5H3. The molecule has 0 spiro atoms. The number of sulfonamides is 1. The second kappa shape index (κ2) is 11.0. The van der Waals surface area contributed by atoms with Gasteiger partial charge in [0.2, 0.25) is 10.0 Å². The van der Waals surface area contributed by atoms with Gasteiger partial charge in [0.25, 0.3) is 0 Å². The highest BCUT2D eigenvalue weighted by atomic mass is 32.2. The van der Waals surface area contributed by atoms with E-state index in [-0.39, 0.29) is 5.41 Å². The lowest BCUT2D eigenvalue weighted by atomic mass is 9.87. The molecule has 1 unspecified atom stereocenters. The minimum Gasteiger partial charge on any atom is -0.497 e. The van der Waals surface area contributed by atoms with E-state index in [9.17, 15) is 8.42 Å². The zero-order valence-electron chi connectivity index (χ0n) is 20.9. The number of methoxy groups -OCH3 is 1. The quantitative estimate of drug-likeness (QED) is 0.487. The predicted molar refractivity (Wildman–Crippen MR) is 135 cm³/mol. The van der Waals surface area contributed by atoms with Gasteiger partial charge in [-0.15, -0.1) is 0 Å². The highest BCUT2D eigenvalue weighted by molar-refractivity contribution is 7.89. The number of likely N-dealkylation sites (tertiary alicyclic amines) is 1. The third-order valence-corrected chi connectivity index (χ3v) is 8.53. The van der Waals surface area contributed by atoms with Crippen molar-refractivity contribution in [1.82, 2.24) is 9.21 Å². The summed E-state index contributed by atoms with van der Waals surface area (Å²) in [5.41, 5.74) is 2.07. The molecular weight excluding hydrogens is 432 g/mol. The molecule has 5 nitrogen and oxygen atoms in total. The molecule has 3 rings (SSSR count). The van der Waals surface area contributed by atoms with Crippen molar-refractivity contribution in [3.05, 3.63) is 59.7 Å². The normalized spacial score (nSPS) is 17.9. The molecule has 33 heavy (non-hydrogen) atoms. The van der Waals surface area contributed by atoms with Crippen LogP contribution in [0.2, 0.25) is 0 Å². The molecule has 1 aliphatic rings. The summed E-state index contributed by atoms with van der Waals surface area (Å²) in [5, 5.41) is 0. The lowest BCUT2D eigenvalue weighted by Gasteiger charge is -2.34. The Hall–Kier alpha value is -1.89. The highest BCUT2D eigenvalue weighted by Gasteiger charge is 2.26. The van der Waals surface area contributed by atoms with Crippen molar-refractivity contribution in [2.45, 2.75) is 76.3 Å². The molecule has 0 radical (unpaired) electrons. The maximum Gasteiger partial charge on any atom is 0.243 e. The van der Waals surface area contributed by atoms with E-state index in [0.29, 0.717) is 24.0 Å². The Morgan fingerprint density at radius 3 is 2.27 bits per heavy atom. The number of piperidine rings is 1. The first-order valence-corrected chi connectivity index (χ1v) is 13.5. The first-order chi connectivity index (χ1) is 15.6. The number of hydrogen-bond donors (Lipinski definition) is 0. The summed E-state index contributed by atoms with van der Waals surface area (Å²) in [6.45, 7) is 11.6. The number of benzene rings is 2. The molecule has 0 amide bonds. The molecule has 0 aliphatic carbocycles. The lowest BCUT2D eigenvalue weighted by Crippen LogP contribution is -2.40. The third kappa shape index (κ3) is 6.81. The third-order valence-electron chi connectivity index (χ3n) is 6.67. The molecule has 6 heteroatoms. The molecule has 0 saturated carbocycles. The maximum absolute atomic E-state index is 13.7. The average Bonchev–Trinajstić information content (AvgIpc) is 2.79. The SMILES string of the molecule is COc1ccc(CN(CCCN2CCCCC2C)S(=O)(=O)c2ccc(C(C)(C)C)cc2)cc1. The first-order valence-electron chi connectivity index (χ1n) is 12.1. The van der Waals surface area contributed by atoms with Crippen molar-refractivity contribution in [2.24, 2.45) is 0 Å². The van der Waals surface area contributed by atoms with E-state index in [1.807, 2.05) is 36.4 Å². The van der Waals surface area contributed by atoms with Gasteiger partial charge in [0, 0.05) is 19.1 Å².